The number of anilines is 2. The summed E-state index contributed by atoms with van der Waals surface area (Å²) in [5, 5.41) is 5.91. The minimum atomic E-state index is -0.271. The Morgan fingerprint density at radius 3 is 2.55 bits per heavy atom. The molecule has 1 amide bonds. The molecule has 0 aliphatic heterocycles. The van der Waals surface area contributed by atoms with Crippen LogP contribution in [0.4, 0.5) is 15.8 Å². The summed E-state index contributed by atoms with van der Waals surface area (Å²) >= 11 is 0. The van der Waals surface area contributed by atoms with E-state index in [0.29, 0.717) is 13.0 Å². The van der Waals surface area contributed by atoms with Crippen molar-refractivity contribution in [2.24, 2.45) is 0 Å². The Morgan fingerprint density at radius 1 is 1.10 bits per heavy atom. The molecule has 2 aromatic carbocycles. The quantitative estimate of drug-likeness (QED) is 0.873. The Morgan fingerprint density at radius 2 is 1.85 bits per heavy atom. The summed E-state index contributed by atoms with van der Waals surface area (Å²) < 4.78 is 12.7. The molecule has 4 heteroatoms. The van der Waals surface area contributed by atoms with Gasteiger partial charge in [-0.1, -0.05) is 12.1 Å². The van der Waals surface area contributed by atoms with Crippen molar-refractivity contribution in [3.05, 3.63) is 59.9 Å². The summed E-state index contributed by atoms with van der Waals surface area (Å²) in [7, 11) is 0. The Kier molecular flexibility index (Phi) is 4.71. The lowest BCUT2D eigenvalue weighted by molar-refractivity contribution is -0.115. The molecule has 0 fully saturated rings. The van der Waals surface area contributed by atoms with E-state index in [0.717, 1.165) is 16.9 Å². The molecule has 0 heterocycles. The molecule has 0 bridgehead atoms. The molecule has 0 atom stereocenters. The minimum Gasteiger partial charge on any atom is -0.385 e. The molecule has 0 aromatic heterocycles. The number of amides is 1. The Balaban J connectivity index is 1.76. The maximum Gasteiger partial charge on any atom is 0.226 e. The number of hydrogen-bond acceptors (Lipinski definition) is 2. The highest BCUT2D eigenvalue weighted by atomic mass is 19.1. The van der Waals surface area contributed by atoms with Crippen LogP contribution in [0.3, 0.4) is 0 Å². The average Bonchev–Trinajstić information content (AvgIpc) is 2.41. The molecule has 0 radical (unpaired) electrons. The number of aryl methyl sites for hydroxylation is 1. The molecule has 104 valence electrons. The lowest BCUT2D eigenvalue weighted by atomic mass is 10.2. The van der Waals surface area contributed by atoms with E-state index in [1.54, 1.807) is 12.1 Å². The molecule has 2 aromatic rings. The number of carbonyl (C=O) groups excluding carboxylic acids is 1. The van der Waals surface area contributed by atoms with Crippen molar-refractivity contribution in [1.82, 2.24) is 0 Å². The molecule has 0 spiro atoms. The first-order valence-corrected chi connectivity index (χ1v) is 6.49. The van der Waals surface area contributed by atoms with E-state index in [1.807, 2.05) is 31.2 Å². The third-order valence-corrected chi connectivity index (χ3v) is 2.83. The SMILES string of the molecule is Cc1cccc(NC(=O)CCNc2ccc(F)cc2)c1. The van der Waals surface area contributed by atoms with Crippen LogP contribution in [0, 0.1) is 12.7 Å². The largest absolute Gasteiger partial charge is 0.385 e. The van der Waals surface area contributed by atoms with Gasteiger partial charge in [-0.2, -0.15) is 0 Å². The summed E-state index contributed by atoms with van der Waals surface area (Å²) in [4.78, 5) is 11.8. The predicted octanol–water partition coefficient (Wildman–Crippen LogP) is 3.57. The first kappa shape index (κ1) is 14.1. The minimum absolute atomic E-state index is 0.0507. The van der Waals surface area contributed by atoms with E-state index in [1.165, 1.54) is 12.1 Å². The van der Waals surface area contributed by atoms with Crippen molar-refractivity contribution in [3.63, 3.8) is 0 Å². The molecule has 0 aliphatic carbocycles. The first-order chi connectivity index (χ1) is 9.63. The van der Waals surface area contributed by atoms with Crippen LogP contribution in [-0.4, -0.2) is 12.5 Å². The molecular formula is C16H17FN2O. The Hall–Kier alpha value is -2.36. The van der Waals surface area contributed by atoms with Gasteiger partial charge in [-0.3, -0.25) is 4.79 Å². The Bertz CT molecular complexity index is 581. The van der Waals surface area contributed by atoms with Crippen molar-refractivity contribution in [2.45, 2.75) is 13.3 Å². The molecule has 20 heavy (non-hydrogen) atoms. The molecule has 3 nitrogen and oxygen atoms in total. The molecule has 0 saturated carbocycles. The monoisotopic (exact) mass is 272 g/mol. The summed E-state index contributed by atoms with van der Waals surface area (Å²) in [6, 6.07) is 13.7. The summed E-state index contributed by atoms with van der Waals surface area (Å²) in [6.45, 7) is 2.48. The van der Waals surface area contributed by atoms with Crippen LogP contribution in [-0.2, 0) is 4.79 Å². The van der Waals surface area contributed by atoms with Crippen LogP contribution in [0.15, 0.2) is 48.5 Å². The third-order valence-electron chi connectivity index (χ3n) is 2.83. The van der Waals surface area contributed by atoms with Crippen molar-refractivity contribution >= 4 is 17.3 Å². The molecule has 0 aliphatic rings. The number of hydrogen-bond donors (Lipinski definition) is 2. The third kappa shape index (κ3) is 4.39. The van der Waals surface area contributed by atoms with Crippen molar-refractivity contribution in [1.29, 1.82) is 0 Å². The van der Waals surface area contributed by atoms with Crippen molar-refractivity contribution in [3.8, 4) is 0 Å². The molecule has 2 rings (SSSR count). The van der Waals surface area contributed by atoms with Crippen molar-refractivity contribution < 1.29 is 9.18 Å². The fourth-order valence-electron chi connectivity index (χ4n) is 1.83. The zero-order chi connectivity index (χ0) is 14.4. The molecule has 0 unspecified atom stereocenters. The standard InChI is InChI=1S/C16H17FN2O/c1-12-3-2-4-15(11-12)19-16(20)9-10-18-14-7-5-13(17)6-8-14/h2-8,11,18H,9-10H2,1H3,(H,19,20). The lowest BCUT2D eigenvalue weighted by Crippen LogP contribution is -2.16. The highest BCUT2D eigenvalue weighted by Crippen LogP contribution is 2.10. The lowest BCUT2D eigenvalue weighted by Gasteiger charge is -2.08. The number of benzene rings is 2. The second-order valence-electron chi connectivity index (χ2n) is 4.60. The van der Waals surface area contributed by atoms with E-state index in [-0.39, 0.29) is 11.7 Å². The van der Waals surface area contributed by atoms with Gasteiger partial charge in [-0.15, -0.1) is 0 Å². The fourth-order valence-corrected chi connectivity index (χ4v) is 1.83. The van der Waals surface area contributed by atoms with E-state index in [9.17, 15) is 9.18 Å². The van der Waals surface area contributed by atoms with E-state index >= 15 is 0 Å². The maximum atomic E-state index is 12.7. The van der Waals surface area contributed by atoms with Crippen LogP contribution in [0.25, 0.3) is 0 Å². The zero-order valence-corrected chi connectivity index (χ0v) is 11.3. The van der Waals surface area contributed by atoms with Gasteiger partial charge < -0.3 is 10.6 Å². The normalized spacial score (nSPS) is 10.1. The zero-order valence-electron chi connectivity index (χ0n) is 11.3. The maximum absolute atomic E-state index is 12.7. The van der Waals surface area contributed by atoms with Gasteiger partial charge in [-0.25, -0.2) is 4.39 Å². The first-order valence-electron chi connectivity index (χ1n) is 6.49. The van der Waals surface area contributed by atoms with Crippen LogP contribution >= 0.6 is 0 Å². The van der Waals surface area contributed by atoms with E-state index in [2.05, 4.69) is 10.6 Å². The molecule has 0 saturated heterocycles. The average molecular weight is 272 g/mol. The van der Waals surface area contributed by atoms with Gasteiger partial charge in [0.25, 0.3) is 0 Å². The Labute approximate surface area is 117 Å². The number of carbonyl (C=O) groups is 1. The van der Waals surface area contributed by atoms with E-state index < -0.39 is 0 Å². The summed E-state index contributed by atoms with van der Waals surface area (Å²) in [5.74, 6) is -0.321. The number of halogens is 1. The summed E-state index contributed by atoms with van der Waals surface area (Å²) in [5.41, 5.74) is 2.71. The smallest absolute Gasteiger partial charge is 0.226 e. The fraction of sp³-hybridized carbons (Fsp3) is 0.188. The van der Waals surface area contributed by atoms with Gasteiger partial charge in [0, 0.05) is 24.3 Å². The topological polar surface area (TPSA) is 41.1 Å². The predicted molar refractivity (Wildman–Crippen MR) is 79.3 cm³/mol. The number of nitrogens with one attached hydrogen (secondary N) is 2. The van der Waals surface area contributed by atoms with Gasteiger partial charge >= 0.3 is 0 Å². The van der Waals surface area contributed by atoms with Crippen LogP contribution in [0.5, 0.6) is 0 Å². The van der Waals surface area contributed by atoms with E-state index in [4.69, 9.17) is 0 Å². The van der Waals surface area contributed by atoms with Crippen LogP contribution < -0.4 is 10.6 Å². The van der Waals surface area contributed by atoms with Gasteiger partial charge in [0.2, 0.25) is 5.91 Å². The van der Waals surface area contributed by atoms with Gasteiger partial charge in [-0.05, 0) is 48.9 Å². The second-order valence-corrected chi connectivity index (χ2v) is 4.60. The highest BCUT2D eigenvalue weighted by Gasteiger charge is 2.02. The van der Waals surface area contributed by atoms with Gasteiger partial charge in [0.1, 0.15) is 5.82 Å². The van der Waals surface area contributed by atoms with Crippen LogP contribution in [0.2, 0.25) is 0 Å². The van der Waals surface area contributed by atoms with Crippen molar-refractivity contribution in [2.75, 3.05) is 17.2 Å². The van der Waals surface area contributed by atoms with Gasteiger partial charge in [0.05, 0.1) is 0 Å². The number of rotatable bonds is 5. The molecule has 2 N–H and O–H groups in total. The van der Waals surface area contributed by atoms with Gasteiger partial charge in [0.15, 0.2) is 0 Å². The van der Waals surface area contributed by atoms with Crippen LogP contribution in [0.1, 0.15) is 12.0 Å². The highest BCUT2D eigenvalue weighted by molar-refractivity contribution is 5.91. The second kappa shape index (κ2) is 6.70. The molecular weight excluding hydrogens is 255 g/mol. The summed E-state index contributed by atoms with van der Waals surface area (Å²) in [6.07, 6.45) is 0.352.